The van der Waals surface area contributed by atoms with Gasteiger partial charge in [0, 0.05) is 18.7 Å². The van der Waals surface area contributed by atoms with Gasteiger partial charge < -0.3 is 24.8 Å². The van der Waals surface area contributed by atoms with Crippen molar-refractivity contribution in [3.05, 3.63) is 53.1 Å². The normalized spacial score (nSPS) is 13.5. The third-order valence-corrected chi connectivity index (χ3v) is 5.45. The van der Waals surface area contributed by atoms with Crippen molar-refractivity contribution in [1.82, 2.24) is 15.5 Å². The first-order chi connectivity index (χ1) is 15.5. The molecular formula is C24H31N3O5. The van der Waals surface area contributed by atoms with Crippen LogP contribution < -0.4 is 24.8 Å². The Bertz CT molecular complexity index is 899. The van der Waals surface area contributed by atoms with E-state index in [1.807, 2.05) is 12.1 Å². The van der Waals surface area contributed by atoms with Crippen LogP contribution in [-0.4, -0.2) is 57.7 Å². The third kappa shape index (κ3) is 6.13. The van der Waals surface area contributed by atoms with E-state index in [1.165, 1.54) is 65.0 Å². The molecule has 1 saturated heterocycles. The molecule has 2 aromatic carbocycles. The minimum absolute atomic E-state index is 0.136. The number of carbonyl (C=O) groups is 2. The molecule has 2 aromatic rings. The minimum atomic E-state index is -0.411. The zero-order valence-electron chi connectivity index (χ0n) is 18.9. The first-order valence-electron chi connectivity index (χ1n) is 10.7. The highest BCUT2D eigenvalue weighted by Crippen LogP contribution is 2.38. The molecule has 0 spiro atoms. The molecule has 32 heavy (non-hydrogen) atoms. The van der Waals surface area contributed by atoms with Gasteiger partial charge in [0.15, 0.2) is 11.5 Å². The predicted molar refractivity (Wildman–Crippen MR) is 121 cm³/mol. The van der Waals surface area contributed by atoms with Crippen LogP contribution in [-0.2, 0) is 17.9 Å². The number of nitrogens with one attached hydrogen (secondary N) is 2. The first kappa shape index (κ1) is 23.4. The summed E-state index contributed by atoms with van der Waals surface area (Å²) in [6.07, 6.45) is 2.56. The van der Waals surface area contributed by atoms with Gasteiger partial charge in [0.05, 0.1) is 27.9 Å². The fourth-order valence-electron chi connectivity index (χ4n) is 3.70. The van der Waals surface area contributed by atoms with Crippen molar-refractivity contribution < 1.29 is 23.8 Å². The van der Waals surface area contributed by atoms with Crippen LogP contribution in [0.1, 0.15) is 34.3 Å². The maximum atomic E-state index is 12.5. The van der Waals surface area contributed by atoms with Crippen molar-refractivity contribution in [1.29, 1.82) is 0 Å². The number of rotatable bonds is 10. The molecule has 1 fully saturated rings. The maximum Gasteiger partial charge on any atom is 0.251 e. The van der Waals surface area contributed by atoms with Crippen LogP contribution in [0.25, 0.3) is 0 Å². The highest BCUT2D eigenvalue weighted by atomic mass is 16.5. The van der Waals surface area contributed by atoms with E-state index in [4.69, 9.17) is 14.2 Å². The molecule has 1 heterocycles. The Balaban J connectivity index is 1.47. The van der Waals surface area contributed by atoms with Crippen molar-refractivity contribution in [3.63, 3.8) is 0 Å². The Morgan fingerprint density at radius 2 is 1.47 bits per heavy atom. The lowest BCUT2D eigenvalue weighted by molar-refractivity contribution is -0.120. The number of nitrogens with zero attached hydrogens (tertiary/aromatic N) is 1. The summed E-state index contributed by atoms with van der Waals surface area (Å²) in [5.74, 6) is 0.456. The Morgan fingerprint density at radius 3 is 2.03 bits per heavy atom. The molecule has 172 valence electrons. The highest BCUT2D eigenvalue weighted by molar-refractivity contribution is 5.97. The van der Waals surface area contributed by atoms with E-state index < -0.39 is 5.91 Å². The standard InChI is InChI=1S/C24H31N3O5/c1-30-20-12-19(13-21(31-2)23(20)32-3)24(29)26-15-22(28)25-14-17-6-8-18(9-7-17)16-27-10-4-5-11-27/h6-9,12-13H,4-5,10-11,14-16H2,1-3H3,(H,25,28)(H,26,29). The number of hydrogen-bond donors (Lipinski definition) is 2. The van der Waals surface area contributed by atoms with Crippen molar-refractivity contribution in [3.8, 4) is 17.2 Å². The van der Waals surface area contributed by atoms with E-state index in [2.05, 4.69) is 27.7 Å². The van der Waals surface area contributed by atoms with Gasteiger partial charge in [-0.15, -0.1) is 0 Å². The zero-order valence-corrected chi connectivity index (χ0v) is 18.9. The van der Waals surface area contributed by atoms with Gasteiger partial charge in [0.1, 0.15) is 0 Å². The molecule has 1 aliphatic rings. The molecule has 2 amide bonds. The van der Waals surface area contributed by atoms with Gasteiger partial charge in [-0.1, -0.05) is 24.3 Å². The fraction of sp³-hybridized carbons (Fsp3) is 0.417. The molecule has 0 aromatic heterocycles. The highest BCUT2D eigenvalue weighted by Gasteiger charge is 2.17. The summed E-state index contributed by atoms with van der Waals surface area (Å²) in [6, 6.07) is 11.3. The molecule has 0 atom stereocenters. The van der Waals surface area contributed by atoms with E-state index in [0.29, 0.717) is 29.4 Å². The topological polar surface area (TPSA) is 89.1 Å². The van der Waals surface area contributed by atoms with Crippen molar-refractivity contribution >= 4 is 11.8 Å². The monoisotopic (exact) mass is 441 g/mol. The van der Waals surface area contributed by atoms with Gasteiger partial charge in [-0.25, -0.2) is 0 Å². The van der Waals surface area contributed by atoms with Crippen molar-refractivity contribution in [2.45, 2.75) is 25.9 Å². The first-order valence-corrected chi connectivity index (χ1v) is 10.7. The van der Waals surface area contributed by atoms with Gasteiger partial charge in [-0.2, -0.15) is 0 Å². The van der Waals surface area contributed by atoms with Crippen molar-refractivity contribution in [2.75, 3.05) is 41.0 Å². The zero-order chi connectivity index (χ0) is 22.9. The van der Waals surface area contributed by atoms with Crippen LogP contribution in [0.15, 0.2) is 36.4 Å². The molecule has 0 radical (unpaired) electrons. The van der Waals surface area contributed by atoms with Gasteiger partial charge in [-0.05, 0) is 49.2 Å². The van der Waals surface area contributed by atoms with E-state index >= 15 is 0 Å². The molecule has 0 saturated carbocycles. The van der Waals surface area contributed by atoms with E-state index in [9.17, 15) is 9.59 Å². The minimum Gasteiger partial charge on any atom is -0.493 e. The molecule has 2 N–H and O–H groups in total. The number of likely N-dealkylation sites (tertiary alicyclic amines) is 1. The van der Waals surface area contributed by atoms with Crippen LogP contribution in [0.3, 0.4) is 0 Å². The van der Waals surface area contributed by atoms with Gasteiger partial charge in [-0.3, -0.25) is 14.5 Å². The second-order valence-corrected chi connectivity index (χ2v) is 7.67. The van der Waals surface area contributed by atoms with E-state index in [-0.39, 0.29) is 12.5 Å². The van der Waals surface area contributed by atoms with Crippen LogP contribution >= 0.6 is 0 Å². The van der Waals surface area contributed by atoms with Crippen LogP contribution in [0.4, 0.5) is 0 Å². The lowest BCUT2D eigenvalue weighted by Gasteiger charge is -2.15. The Labute approximate surface area is 188 Å². The number of methoxy groups -OCH3 is 3. The number of carbonyl (C=O) groups excluding carboxylic acids is 2. The summed E-state index contributed by atoms with van der Waals surface area (Å²) < 4.78 is 15.8. The average molecular weight is 442 g/mol. The molecule has 0 bridgehead atoms. The Morgan fingerprint density at radius 1 is 0.875 bits per heavy atom. The predicted octanol–water partition coefficient (Wildman–Crippen LogP) is 2.35. The quantitative estimate of drug-likeness (QED) is 0.589. The summed E-state index contributed by atoms with van der Waals surface area (Å²) in [7, 11) is 4.45. The second-order valence-electron chi connectivity index (χ2n) is 7.67. The molecule has 3 rings (SSSR count). The SMILES string of the molecule is COc1cc(C(=O)NCC(=O)NCc2ccc(CN3CCCC3)cc2)cc(OC)c1OC. The van der Waals surface area contributed by atoms with Gasteiger partial charge in [0.2, 0.25) is 11.7 Å². The summed E-state index contributed by atoms with van der Waals surface area (Å²) in [5.41, 5.74) is 2.60. The maximum absolute atomic E-state index is 12.5. The molecule has 0 aliphatic carbocycles. The van der Waals surface area contributed by atoms with Crippen LogP contribution in [0.5, 0.6) is 17.2 Å². The van der Waals surface area contributed by atoms with Crippen LogP contribution in [0, 0.1) is 0 Å². The number of hydrogen-bond acceptors (Lipinski definition) is 6. The molecular weight excluding hydrogens is 410 g/mol. The molecule has 8 heteroatoms. The smallest absolute Gasteiger partial charge is 0.251 e. The largest absolute Gasteiger partial charge is 0.493 e. The van der Waals surface area contributed by atoms with Crippen LogP contribution in [0.2, 0.25) is 0 Å². The van der Waals surface area contributed by atoms with Gasteiger partial charge >= 0.3 is 0 Å². The molecule has 1 aliphatic heterocycles. The van der Waals surface area contributed by atoms with Gasteiger partial charge in [0.25, 0.3) is 5.91 Å². The average Bonchev–Trinajstić information content (AvgIpc) is 3.34. The van der Waals surface area contributed by atoms with Crippen molar-refractivity contribution in [2.24, 2.45) is 0 Å². The number of benzene rings is 2. The molecule has 0 unspecified atom stereocenters. The Hall–Kier alpha value is -3.26. The molecule has 8 nitrogen and oxygen atoms in total. The fourth-order valence-corrected chi connectivity index (χ4v) is 3.70. The summed E-state index contributed by atoms with van der Waals surface area (Å²) >= 11 is 0. The Kier molecular flexibility index (Phi) is 8.33. The summed E-state index contributed by atoms with van der Waals surface area (Å²) in [4.78, 5) is 27.1. The number of ether oxygens (including phenoxy) is 3. The lowest BCUT2D eigenvalue weighted by Crippen LogP contribution is -2.36. The lowest BCUT2D eigenvalue weighted by atomic mass is 10.1. The van der Waals surface area contributed by atoms with E-state index in [1.54, 1.807) is 0 Å². The number of amides is 2. The van der Waals surface area contributed by atoms with E-state index in [0.717, 1.165) is 12.1 Å². The summed E-state index contributed by atoms with van der Waals surface area (Å²) in [6.45, 7) is 3.57. The summed E-state index contributed by atoms with van der Waals surface area (Å²) in [5, 5.41) is 5.44. The third-order valence-electron chi connectivity index (χ3n) is 5.45. The second kappa shape index (κ2) is 11.4.